The molecule has 4 aliphatic carbocycles. The monoisotopic (exact) mass is 1770 g/mol. The van der Waals surface area contributed by atoms with Gasteiger partial charge in [-0.05, 0) is 254 Å². The van der Waals surface area contributed by atoms with Gasteiger partial charge in [-0.25, -0.2) is 0 Å². The van der Waals surface area contributed by atoms with Gasteiger partial charge in [0.05, 0.1) is 22.4 Å². The highest BCUT2D eigenvalue weighted by atomic mass is 32.1. The normalized spacial score (nSPS) is 13.8. The third-order valence-electron chi connectivity index (χ3n) is 30.3. The van der Waals surface area contributed by atoms with Crippen molar-refractivity contribution in [2.24, 2.45) is 0 Å². The average Bonchev–Trinajstić information content (AvgIpc) is 1.57. The molecule has 137 heavy (non-hydrogen) atoms. The quantitative estimate of drug-likeness (QED) is 0.121. The zero-order chi connectivity index (χ0) is 92.2. The van der Waals surface area contributed by atoms with Gasteiger partial charge in [-0.15, -0.1) is 11.3 Å². The van der Waals surface area contributed by atoms with Crippen molar-refractivity contribution in [2.45, 2.75) is 77.0 Å². The molecule has 4 aliphatic rings. The van der Waals surface area contributed by atoms with Crippen LogP contribution in [0.3, 0.4) is 0 Å². The number of hydrogen-bond acceptors (Lipinski definition) is 4. The molecule has 0 spiro atoms. The second kappa shape index (κ2) is 32.3. The summed E-state index contributed by atoms with van der Waals surface area (Å²) in [6, 6.07) is 170. The van der Waals surface area contributed by atoms with Gasteiger partial charge in [0.1, 0.15) is 0 Å². The van der Waals surface area contributed by atoms with Crippen molar-refractivity contribution in [1.29, 1.82) is 0 Å². The Kier molecular flexibility index (Phi) is 19.5. The van der Waals surface area contributed by atoms with Crippen molar-refractivity contribution < 1.29 is 0 Å². The first-order valence-electron chi connectivity index (χ1n) is 48.0. The fourth-order valence-electron chi connectivity index (χ4n) is 23.5. The zero-order valence-corrected chi connectivity index (χ0v) is 78.9. The largest absolute Gasteiger partial charge is 0.310 e. The van der Waals surface area contributed by atoms with Gasteiger partial charge in [0.15, 0.2) is 0 Å². The predicted octanol–water partition coefficient (Wildman–Crippen LogP) is 37.0. The van der Waals surface area contributed by atoms with Crippen LogP contribution in [0.1, 0.15) is 99.9 Å². The van der Waals surface area contributed by atoms with Gasteiger partial charge in [0, 0.05) is 109 Å². The first-order valence-corrected chi connectivity index (χ1v) is 48.8. The lowest BCUT2D eigenvalue weighted by atomic mass is 9.82. The van der Waals surface area contributed by atoms with Crippen LogP contribution >= 0.6 is 11.3 Å². The summed E-state index contributed by atoms with van der Waals surface area (Å²) in [6.07, 6.45) is 0. The number of fused-ring (bicyclic) bond motifs is 24. The molecule has 654 valence electrons. The van der Waals surface area contributed by atoms with Gasteiger partial charge in [-0.1, -0.05) is 395 Å². The topological polar surface area (TPSA) is 14.7 Å². The van der Waals surface area contributed by atoms with E-state index in [4.69, 9.17) is 0 Å². The lowest BCUT2D eigenvalue weighted by Gasteiger charge is -2.29. The van der Waals surface area contributed by atoms with Crippen LogP contribution in [0.2, 0.25) is 0 Å². The summed E-state index contributed by atoms with van der Waals surface area (Å²) in [5, 5.41) is 12.8. The van der Waals surface area contributed by atoms with Crippen LogP contribution < -0.4 is 14.7 Å². The van der Waals surface area contributed by atoms with Crippen LogP contribution in [0.5, 0.6) is 0 Å². The molecule has 4 nitrogen and oxygen atoms in total. The van der Waals surface area contributed by atoms with Crippen LogP contribution in [0.25, 0.3) is 147 Å². The first-order chi connectivity index (χ1) is 67.0. The maximum atomic E-state index is 2.47. The number of nitrogens with zero attached hydrogens (tertiary/aromatic N) is 4. The fourth-order valence-corrected chi connectivity index (χ4v) is 24.7. The number of aromatic nitrogens is 1. The Morgan fingerprint density at radius 1 is 0.190 bits per heavy atom. The van der Waals surface area contributed by atoms with Crippen molar-refractivity contribution in [3.05, 3.63) is 506 Å². The SMILES string of the molecule is CC1(C)c2ccccc2-c2c1ccc1c(N(c3ccc(-c4ccccc4)cc3)c3ccc4c(c3)sc3ccccc34)cccc21.CC1(C)c2ccccc2-c2c1ccc1cc(N(c3ccccc3)c3ccc4c5ccccc5n(-c5ccccc5)c4c3)ccc21.CC1(C)c2ccccc2-c2ccc(N(c3ccc(-c4ccccc4)cc3)c3cccc4c5c(ccc34)C(C)(C)c3ccccc3-5)cc21. The Morgan fingerprint density at radius 2 is 0.540 bits per heavy atom. The molecule has 0 saturated heterocycles. The summed E-state index contributed by atoms with van der Waals surface area (Å²) < 4.78 is 5.02. The van der Waals surface area contributed by atoms with Crippen LogP contribution in [0.4, 0.5) is 51.2 Å². The highest BCUT2D eigenvalue weighted by molar-refractivity contribution is 7.25. The predicted molar refractivity (Wildman–Crippen MR) is 584 cm³/mol. The van der Waals surface area contributed by atoms with Crippen LogP contribution in [0, 0.1) is 0 Å². The molecule has 0 aliphatic heterocycles. The van der Waals surface area contributed by atoms with Gasteiger partial charge < -0.3 is 19.3 Å². The molecule has 23 aromatic rings. The van der Waals surface area contributed by atoms with Crippen molar-refractivity contribution in [3.63, 3.8) is 0 Å². The number of anilines is 9. The van der Waals surface area contributed by atoms with E-state index in [1.165, 1.54) is 203 Å². The minimum absolute atomic E-state index is 0.0124. The fraction of sp³-hybridized carbons (Fsp3) is 0.0909. The number of para-hydroxylation sites is 3. The number of rotatable bonds is 12. The molecule has 0 atom stereocenters. The second-order valence-corrected chi connectivity index (χ2v) is 40.4. The lowest BCUT2D eigenvalue weighted by Crippen LogP contribution is -2.17. The molecule has 0 amide bonds. The Morgan fingerprint density at radius 3 is 1.09 bits per heavy atom. The Hall–Kier alpha value is -16.2. The molecule has 0 fully saturated rings. The molecule has 0 unspecified atom stereocenters. The molecular weight excluding hydrogens is 1670 g/mol. The molecule has 21 aromatic carbocycles. The van der Waals surface area contributed by atoms with Crippen molar-refractivity contribution in [1.82, 2.24) is 4.57 Å². The smallest absolute Gasteiger partial charge is 0.0561 e. The third kappa shape index (κ3) is 13.4. The van der Waals surface area contributed by atoms with E-state index in [1.807, 2.05) is 11.3 Å². The highest BCUT2D eigenvalue weighted by Crippen LogP contribution is 2.59. The van der Waals surface area contributed by atoms with E-state index < -0.39 is 0 Å². The Balaban J connectivity index is 0.000000109. The van der Waals surface area contributed by atoms with E-state index in [1.54, 1.807) is 0 Å². The highest BCUT2D eigenvalue weighted by Gasteiger charge is 2.41. The number of benzene rings is 21. The second-order valence-electron chi connectivity index (χ2n) is 39.4. The van der Waals surface area contributed by atoms with E-state index in [9.17, 15) is 0 Å². The van der Waals surface area contributed by atoms with Crippen molar-refractivity contribution in [3.8, 4) is 72.4 Å². The van der Waals surface area contributed by atoms with E-state index >= 15 is 0 Å². The van der Waals surface area contributed by atoms with Crippen molar-refractivity contribution >= 4 is 137 Å². The lowest BCUT2D eigenvalue weighted by molar-refractivity contribution is 0.660. The summed E-state index contributed by atoms with van der Waals surface area (Å²) in [5.74, 6) is 0. The molecule has 0 saturated carbocycles. The van der Waals surface area contributed by atoms with Gasteiger partial charge in [0.25, 0.3) is 0 Å². The molecule has 27 rings (SSSR count). The first kappa shape index (κ1) is 82.7. The summed E-state index contributed by atoms with van der Waals surface area (Å²) >= 11 is 1.87. The molecule has 0 bridgehead atoms. The van der Waals surface area contributed by atoms with Crippen LogP contribution in [0.15, 0.2) is 461 Å². The van der Waals surface area contributed by atoms with E-state index in [0.717, 1.165) is 39.8 Å². The molecule has 0 N–H and O–H groups in total. The van der Waals surface area contributed by atoms with Crippen molar-refractivity contribution in [2.75, 3.05) is 14.7 Å². The van der Waals surface area contributed by atoms with E-state index in [-0.39, 0.29) is 21.7 Å². The van der Waals surface area contributed by atoms with E-state index in [2.05, 4.69) is 536 Å². The van der Waals surface area contributed by atoms with Gasteiger partial charge in [-0.3, -0.25) is 0 Å². The van der Waals surface area contributed by atoms with Gasteiger partial charge in [0.2, 0.25) is 0 Å². The molecule has 2 aromatic heterocycles. The molecule has 5 heteroatoms. The average molecular weight is 1770 g/mol. The zero-order valence-electron chi connectivity index (χ0n) is 78.1. The summed E-state index contributed by atoms with van der Waals surface area (Å²) in [5.41, 5.74) is 40.7. The summed E-state index contributed by atoms with van der Waals surface area (Å²) in [7, 11) is 0. The standard InChI is InChI=1S/C46H37N.C43H32N2.C43H31NS/c1-45(2)40-19-11-9-16-38(40)44-37-17-12-20-43(36(37)27-28-41(44)45)47(32-23-21-31(22-24-32)30-13-6-5-7-14-30)33-25-26-35-34-15-8-10-18-39(34)46(3,4)42(35)29-33;1-43(2)38-19-11-9-18-37(38)42-34-24-22-32(27-29(34)21-26-39(42)43)44(30-13-5-3-6-14-30)33-23-25-36-35-17-10-12-20-40(35)45(41(36)28-33)31-15-7-4-8-16-31;1-43(2)37-16-8-6-14-36(37)42-35-15-10-17-39(32(35)25-26-38(42)43)44(30-21-19-29(20-22-30)28-11-4-3-5-12-28)31-23-24-34-33-13-7-9-18-40(33)45-41(34)27-31/h5-29H,1-4H3;3-28H,1-2H3;3-27H,1-2H3. The number of thiophene rings is 1. The van der Waals surface area contributed by atoms with Gasteiger partial charge >= 0.3 is 0 Å². The van der Waals surface area contributed by atoms with E-state index in [0.29, 0.717) is 0 Å². The number of hydrogen-bond donors (Lipinski definition) is 0. The van der Waals surface area contributed by atoms with Gasteiger partial charge in [-0.2, -0.15) is 0 Å². The maximum absolute atomic E-state index is 2.47. The minimum Gasteiger partial charge on any atom is -0.310 e. The molecule has 0 radical (unpaired) electrons. The Labute approximate surface area is 805 Å². The van der Waals surface area contributed by atoms with Crippen LogP contribution in [-0.4, -0.2) is 4.57 Å². The third-order valence-corrected chi connectivity index (χ3v) is 31.4. The summed E-state index contributed by atoms with van der Waals surface area (Å²) in [6.45, 7) is 18.8. The molecule has 2 heterocycles. The van der Waals surface area contributed by atoms with Crippen LogP contribution in [-0.2, 0) is 21.7 Å². The summed E-state index contributed by atoms with van der Waals surface area (Å²) in [4.78, 5) is 7.30. The molecular formula is C132H100N4S. The maximum Gasteiger partial charge on any atom is 0.0561 e. The minimum atomic E-state index is -0.0837. The Bertz CT molecular complexity index is 8760.